The zero-order valence-electron chi connectivity index (χ0n) is 11.0. The number of alkyl halides is 2. The molecule has 0 spiro atoms. The maximum Gasteiger partial charge on any atom is 0.263 e. The van der Waals surface area contributed by atoms with E-state index in [1.165, 1.54) is 12.1 Å². The van der Waals surface area contributed by atoms with Gasteiger partial charge in [0.15, 0.2) is 0 Å². The summed E-state index contributed by atoms with van der Waals surface area (Å²) in [5, 5.41) is 12.3. The highest BCUT2D eigenvalue weighted by molar-refractivity contribution is 5.49. The molecular weight excluding hydrogens is 258 g/mol. The van der Waals surface area contributed by atoms with Crippen molar-refractivity contribution in [3.63, 3.8) is 0 Å². The average molecular weight is 272 g/mol. The molecule has 4 heteroatoms. The summed E-state index contributed by atoms with van der Waals surface area (Å²) in [4.78, 5) is 0. The normalized spacial score (nSPS) is 11.9. The first-order chi connectivity index (χ1) is 9.60. The molecule has 2 rings (SSSR count). The van der Waals surface area contributed by atoms with Crippen molar-refractivity contribution in [1.29, 1.82) is 5.26 Å². The summed E-state index contributed by atoms with van der Waals surface area (Å²) in [5.74, 6) is 0. The highest BCUT2D eigenvalue weighted by atomic mass is 19.3. The van der Waals surface area contributed by atoms with Gasteiger partial charge in [-0.05, 0) is 30.2 Å². The van der Waals surface area contributed by atoms with Gasteiger partial charge in [0.25, 0.3) is 6.43 Å². The van der Waals surface area contributed by atoms with E-state index in [1.54, 1.807) is 12.1 Å². The van der Waals surface area contributed by atoms with Crippen LogP contribution in [0.5, 0.6) is 0 Å². The van der Waals surface area contributed by atoms with Crippen LogP contribution in [0.1, 0.15) is 29.2 Å². The number of rotatable bonds is 4. The Morgan fingerprint density at radius 1 is 1.05 bits per heavy atom. The second kappa shape index (κ2) is 6.16. The molecule has 2 nitrogen and oxygen atoms in total. The summed E-state index contributed by atoms with van der Waals surface area (Å²) in [6, 6.07) is 15.0. The largest absolute Gasteiger partial charge is 0.366 e. The standard InChI is InChI=1S/C16H14F2N2/c1-11-3-2-4-14(9-11)20-15(10-19)12-5-7-13(8-6-12)16(17)18/h2-9,15-16,20H,1H3. The van der Waals surface area contributed by atoms with Crippen LogP contribution < -0.4 is 5.32 Å². The fourth-order valence-electron chi connectivity index (χ4n) is 1.93. The Morgan fingerprint density at radius 2 is 1.70 bits per heavy atom. The van der Waals surface area contributed by atoms with Gasteiger partial charge in [-0.1, -0.05) is 36.4 Å². The van der Waals surface area contributed by atoms with E-state index in [1.807, 2.05) is 31.2 Å². The molecule has 0 heterocycles. The Kier molecular flexibility index (Phi) is 4.31. The molecule has 0 saturated heterocycles. The first-order valence-electron chi connectivity index (χ1n) is 6.21. The molecule has 0 saturated carbocycles. The SMILES string of the molecule is Cc1cccc(NC(C#N)c2ccc(C(F)F)cc2)c1. The van der Waals surface area contributed by atoms with E-state index < -0.39 is 12.5 Å². The zero-order chi connectivity index (χ0) is 14.5. The number of aryl methyl sites for hydroxylation is 1. The second-order valence-corrected chi connectivity index (χ2v) is 4.54. The van der Waals surface area contributed by atoms with Crippen LogP contribution in [-0.2, 0) is 0 Å². The summed E-state index contributed by atoms with van der Waals surface area (Å²) < 4.78 is 25.0. The van der Waals surface area contributed by atoms with Crippen LogP contribution >= 0.6 is 0 Å². The lowest BCUT2D eigenvalue weighted by Crippen LogP contribution is -2.08. The number of nitrogens with zero attached hydrogens (tertiary/aromatic N) is 1. The Balaban J connectivity index is 2.18. The number of hydrogen-bond acceptors (Lipinski definition) is 2. The molecule has 0 radical (unpaired) electrons. The van der Waals surface area contributed by atoms with E-state index >= 15 is 0 Å². The first kappa shape index (κ1) is 14.0. The van der Waals surface area contributed by atoms with Crippen LogP contribution in [-0.4, -0.2) is 0 Å². The fraction of sp³-hybridized carbons (Fsp3) is 0.188. The van der Waals surface area contributed by atoms with Crippen molar-refractivity contribution in [1.82, 2.24) is 0 Å². The number of nitriles is 1. The number of nitrogens with one attached hydrogen (secondary N) is 1. The molecule has 102 valence electrons. The van der Waals surface area contributed by atoms with Crippen LogP contribution in [0.25, 0.3) is 0 Å². The van der Waals surface area contributed by atoms with Gasteiger partial charge in [0.2, 0.25) is 0 Å². The van der Waals surface area contributed by atoms with Crippen molar-refractivity contribution >= 4 is 5.69 Å². The number of hydrogen-bond donors (Lipinski definition) is 1. The van der Waals surface area contributed by atoms with Gasteiger partial charge in [0.1, 0.15) is 6.04 Å². The Morgan fingerprint density at radius 3 is 2.25 bits per heavy atom. The molecule has 0 amide bonds. The lowest BCUT2D eigenvalue weighted by atomic mass is 10.1. The van der Waals surface area contributed by atoms with Crippen molar-refractivity contribution in [2.24, 2.45) is 0 Å². The molecular formula is C16H14F2N2. The molecule has 20 heavy (non-hydrogen) atoms. The third kappa shape index (κ3) is 3.33. The minimum absolute atomic E-state index is 0.0407. The minimum Gasteiger partial charge on any atom is -0.366 e. The Labute approximate surface area is 116 Å². The average Bonchev–Trinajstić information content (AvgIpc) is 2.45. The van der Waals surface area contributed by atoms with Gasteiger partial charge in [-0.3, -0.25) is 0 Å². The van der Waals surface area contributed by atoms with Crippen LogP contribution in [0, 0.1) is 18.3 Å². The molecule has 0 aliphatic carbocycles. The Bertz CT molecular complexity index is 615. The highest BCUT2D eigenvalue weighted by Crippen LogP contribution is 2.23. The van der Waals surface area contributed by atoms with Crippen molar-refractivity contribution in [3.8, 4) is 6.07 Å². The van der Waals surface area contributed by atoms with Gasteiger partial charge in [0.05, 0.1) is 6.07 Å². The summed E-state index contributed by atoms with van der Waals surface area (Å²) in [6.45, 7) is 1.96. The fourth-order valence-corrected chi connectivity index (χ4v) is 1.93. The van der Waals surface area contributed by atoms with Crippen molar-refractivity contribution in [2.75, 3.05) is 5.32 Å². The monoisotopic (exact) mass is 272 g/mol. The van der Waals surface area contributed by atoms with E-state index in [4.69, 9.17) is 0 Å². The van der Waals surface area contributed by atoms with Gasteiger partial charge in [-0.25, -0.2) is 8.78 Å². The molecule has 1 atom stereocenters. The zero-order valence-corrected chi connectivity index (χ0v) is 11.0. The predicted octanol–water partition coefficient (Wildman–Crippen LogP) is 4.61. The minimum atomic E-state index is -2.49. The molecule has 0 fully saturated rings. The highest BCUT2D eigenvalue weighted by Gasteiger charge is 2.12. The van der Waals surface area contributed by atoms with Crippen LogP contribution in [0.15, 0.2) is 48.5 Å². The summed E-state index contributed by atoms with van der Waals surface area (Å²) in [6.07, 6.45) is -2.49. The van der Waals surface area contributed by atoms with Crippen LogP contribution in [0.4, 0.5) is 14.5 Å². The van der Waals surface area contributed by atoms with Gasteiger partial charge in [-0.2, -0.15) is 5.26 Å². The molecule has 2 aromatic carbocycles. The molecule has 0 aromatic heterocycles. The van der Waals surface area contributed by atoms with Gasteiger partial charge < -0.3 is 5.32 Å². The second-order valence-electron chi connectivity index (χ2n) is 4.54. The molecule has 1 N–H and O–H groups in total. The van der Waals surface area contributed by atoms with Gasteiger partial charge >= 0.3 is 0 Å². The molecule has 1 unspecified atom stereocenters. The first-order valence-corrected chi connectivity index (χ1v) is 6.21. The lowest BCUT2D eigenvalue weighted by Gasteiger charge is -2.14. The van der Waals surface area contributed by atoms with E-state index in [0.29, 0.717) is 5.56 Å². The summed E-state index contributed by atoms with van der Waals surface area (Å²) >= 11 is 0. The lowest BCUT2D eigenvalue weighted by molar-refractivity contribution is 0.151. The quantitative estimate of drug-likeness (QED) is 0.882. The van der Waals surface area contributed by atoms with Gasteiger partial charge in [0, 0.05) is 11.3 Å². The van der Waals surface area contributed by atoms with Crippen LogP contribution in [0.2, 0.25) is 0 Å². The molecule has 0 aliphatic heterocycles. The third-order valence-electron chi connectivity index (χ3n) is 2.98. The smallest absolute Gasteiger partial charge is 0.263 e. The van der Waals surface area contributed by atoms with Crippen molar-refractivity contribution in [3.05, 3.63) is 65.2 Å². The molecule has 0 aliphatic rings. The summed E-state index contributed by atoms with van der Waals surface area (Å²) in [5.41, 5.74) is 2.54. The summed E-state index contributed by atoms with van der Waals surface area (Å²) in [7, 11) is 0. The number of benzene rings is 2. The molecule has 2 aromatic rings. The van der Waals surface area contributed by atoms with E-state index in [0.717, 1.165) is 11.3 Å². The maximum absolute atomic E-state index is 12.5. The van der Waals surface area contributed by atoms with Crippen LogP contribution in [0.3, 0.4) is 0 Å². The predicted molar refractivity (Wildman–Crippen MR) is 74.6 cm³/mol. The topological polar surface area (TPSA) is 35.8 Å². The maximum atomic E-state index is 12.5. The molecule has 0 bridgehead atoms. The van der Waals surface area contributed by atoms with Crippen molar-refractivity contribution < 1.29 is 8.78 Å². The van der Waals surface area contributed by atoms with E-state index in [9.17, 15) is 14.0 Å². The third-order valence-corrected chi connectivity index (χ3v) is 2.98. The number of anilines is 1. The van der Waals surface area contributed by atoms with Gasteiger partial charge in [-0.15, -0.1) is 0 Å². The van der Waals surface area contributed by atoms with E-state index in [-0.39, 0.29) is 5.56 Å². The van der Waals surface area contributed by atoms with Crippen molar-refractivity contribution in [2.45, 2.75) is 19.4 Å². The number of halogens is 2. The van der Waals surface area contributed by atoms with E-state index in [2.05, 4.69) is 11.4 Å². The Hall–Kier alpha value is -2.41.